The predicted octanol–water partition coefficient (Wildman–Crippen LogP) is 1.48. The summed E-state index contributed by atoms with van der Waals surface area (Å²) in [5.74, 6) is -0.813. The van der Waals surface area contributed by atoms with Crippen molar-refractivity contribution < 1.29 is 9.90 Å². The molecule has 0 amide bonds. The monoisotopic (exact) mass is 240 g/mol. The first kappa shape index (κ1) is 14.2. The fraction of sp³-hybridized carbons (Fsp3) is 0.769. The minimum Gasteiger partial charge on any atom is -0.478 e. The molecule has 4 nitrogen and oxygen atoms in total. The third-order valence-electron chi connectivity index (χ3n) is 3.31. The number of carboxylic acid groups (broad SMARTS) is 1. The van der Waals surface area contributed by atoms with Gasteiger partial charge in [0.15, 0.2) is 0 Å². The van der Waals surface area contributed by atoms with Crippen LogP contribution < -0.4 is 5.32 Å². The van der Waals surface area contributed by atoms with Gasteiger partial charge in [-0.05, 0) is 45.8 Å². The number of nitrogens with zero attached hydrogens (tertiary/aromatic N) is 1. The highest BCUT2D eigenvalue weighted by atomic mass is 16.4. The smallest absolute Gasteiger partial charge is 0.330 e. The first-order chi connectivity index (χ1) is 8.15. The van der Waals surface area contributed by atoms with Crippen molar-refractivity contribution in [3.05, 3.63) is 11.6 Å². The normalized spacial score (nSPS) is 18.6. The van der Waals surface area contributed by atoms with Crippen molar-refractivity contribution in [2.75, 3.05) is 26.2 Å². The Morgan fingerprint density at radius 3 is 2.65 bits per heavy atom. The summed E-state index contributed by atoms with van der Waals surface area (Å²) in [7, 11) is 0. The van der Waals surface area contributed by atoms with Crippen LogP contribution in [0.1, 0.15) is 33.1 Å². The van der Waals surface area contributed by atoms with Gasteiger partial charge < -0.3 is 10.4 Å². The topological polar surface area (TPSA) is 52.6 Å². The van der Waals surface area contributed by atoms with Crippen molar-refractivity contribution in [3.63, 3.8) is 0 Å². The lowest BCUT2D eigenvalue weighted by molar-refractivity contribution is -0.132. The van der Waals surface area contributed by atoms with Crippen LogP contribution in [0.3, 0.4) is 0 Å². The molecule has 1 aliphatic heterocycles. The highest BCUT2D eigenvalue weighted by Gasteiger charge is 2.19. The van der Waals surface area contributed by atoms with E-state index in [4.69, 9.17) is 5.11 Å². The van der Waals surface area contributed by atoms with Crippen molar-refractivity contribution in [2.24, 2.45) is 0 Å². The molecule has 0 spiro atoms. The van der Waals surface area contributed by atoms with Crippen LogP contribution in [-0.2, 0) is 4.79 Å². The van der Waals surface area contributed by atoms with E-state index in [0.29, 0.717) is 11.6 Å². The number of carboxylic acids is 1. The Morgan fingerprint density at radius 1 is 1.47 bits per heavy atom. The second-order valence-electron chi connectivity index (χ2n) is 4.67. The van der Waals surface area contributed by atoms with Crippen molar-refractivity contribution in [1.82, 2.24) is 10.2 Å². The molecule has 98 valence electrons. The highest BCUT2D eigenvalue weighted by Crippen LogP contribution is 2.12. The second kappa shape index (κ2) is 7.45. The highest BCUT2D eigenvalue weighted by molar-refractivity contribution is 5.85. The molecule has 0 bridgehead atoms. The van der Waals surface area contributed by atoms with Gasteiger partial charge in [-0.25, -0.2) is 4.79 Å². The average Bonchev–Trinajstić information content (AvgIpc) is 2.35. The molecular formula is C13H24N2O2. The number of hydrogen-bond acceptors (Lipinski definition) is 3. The zero-order valence-corrected chi connectivity index (χ0v) is 10.9. The van der Waals surface area contributed by atoms with Crippen molar-refractivity contribution >= 4 is 5.97 Å². The first-order valence-electron chi connectivity index (χ1n) is 6.50. The molecular weight excluding hydrogens is 216 g/mol. The maximum Gasteiger partial charge on any atom is 0.330 e. The maximum atomic E-state index is 10.7. The van der Waals surface area contributed by atoms with E-state index in [9.17, 15) is 4.79 Å². The van der Waals surface area contributed by atoms with E-state index in [-0.39, 0.29) is 0 Å². The second-order valence-corrected chi connectivity index (χ2v) is 4.67. The number of aliphatic carboxylic acids is 1. The van der Waals surface area contributed by atoms with Gasteiger partial charge in [0.2, 0.25) is 0 Å². The van der Waals surface area contributed by atoms with Gasteiger partial charge in [0.1, 0.15) is 0 Å². The van der Waals surface area contributed by atoms with E-state index in [1.54, 1.807) is 6.92 Å². The quantitative estimate of drug-likeness (QED) is 0.691. The van der Waals surface area contributed by atoms with Crippen molar-refractivity contribution in [3.8, 4) is 0 Å². The van der Waals surface area contributed by atoms with Crippen LogP contribution in [0.15, 0.2) is 11.6 Å². The van der Waals surface area contributed by atoms with E-state index in [1.165, 1.54) is 12.8 Å². The van der Waals surface area contributed by atoms with Gasteiger partial charge in [-0.3, -0.25) is 4.90 Å². The molecule has 1 fully saturated rings. The summed E-state index contributed by atoms with van der Waals surface area (Å²) in [6, 6.07) is 0.606. The minimum absolute atomic E-state index is 0.444. The Labute approximate surface area is 104 Å². The minimum atomic E-state index is -0.813. The number of piperidine rings is 1. The Morgan fingerprint density at radius 2 is 2.12 bits per heavy atom. The summed E-state index contributed by atoms with van der Waals surface area (Å²) in [6.07, 6.45) is 5.28. The standard InChI is InChI=1S/C13H24N2O2/c1-3-9-15(10-6-11(2)13(16)17)12-4-7-14-8-5-12/h6,12,14H,3-5,7-10H2,1-2H3,(H,16,17). The molecule has 0 atom stereocenters. The molecule has 2 N–H and O–H groups in total. The lowest BCUT2D eigenvalue weighted by Gasteiger charge is -2.33. The van der Waals surface area contributed by atoms with Gasteiger partial charge in [-0.2, -0.15) is 0 Å². The summed E-state index contributed by atoms with van der Waals surface area (Å²) in [5.41, 5.74) is 0.444. The molecule has 1 rings (SSSR count). The van der Waals surface area contributed by atoms with Crippen LogP contribution in [-0.4, -0.2) is 48.2 Å². The van der Waals surface area contributed by atoms with Crippen molar-refractivity contribution in [2.45, 2.75) is 39.2 Å². The first-order valence-corrected chi connectivity index (χ1v) is 6.50. The number of carbonyl (C=O) groups is 1. The van der Waals surface area contributed by atoms with Crippen LogP contribution >= 0.6 is 0 Å². The van der Waals surface area contributed by atoms with E-state index >= 15 is 0 Å². The lowest BCUT2D eigenvalue weighted by atomic mass is 10.0. The number of hydrogen-bond donors (Lipinski definition) is 2. The molecule has 0 unspecified atom stereocenters. The molecule has 0 saturated carbocycles. The molecule has 0 aliphatic carbocycles. The SMILES string of the molecule is CCCN(CC=C(C)C(=O)O)C1CCNCC1. The zero-order chi connectivity index (χ0) is 12.7. The fourth-order valence-electron chi connectivity index (χ4n) is 2.22. The summed E-state index contributed by atoms with van der Waals surface area (Å²) < 4.78 is 0. The molecule has 1 aliphatic rings. The van der Waals surface area contributed by atoms with Gasteiger partial charge in [-0.15, -0.1) is 0 Å². The number of rotatable bonds is 6. The lowest BCUT2D eigenvalue weighted by Crippen LogP contribution is -2.43. The van der Waals surface area contributed by atoms with Gasteiger partial charge in [-0.1, -0.05) is 13.0 Å². The average molecular weight is 240 g/mol. The Bertz CT molecular complexity index is 271. The molecule has 0 aromatic rings. The Kier molecular flexibility index (Phi) is 6.22. The molecule has 1 saturated heterocycles. The third-order valence-corrected chi connectivity index (χ3v) is 3.31. The van der Waals surface area contributed by atoms with E-state index in [1.807, 2.05) is 6.08 Å². The molecule has 0 radical (unpaired) electrons. The maximum absolute atomic E-state index is 10.7. The third kappa shape index (κ3) is 4.88. The van der Waals surface area contributed by atoms with E-state index in [2.05, 4.69) is 17.1 Å². The summed E-state index contributed by atoms with van der Waals surface area (Å²) in [4.78, 5) is 13.2. The van der Waals surface area contributed by atoms with Crippen LogP contribution in [0, 0.1) is 0 Å². The van der Waals surface area contributed by atoms with E-state index < -0.39 is 5.97 Å². The van der Waals surface area contributed by atoms with Gasteiger partial charge in [0.25, 0.3) is 0 Å². The van der Waals surface area contributed by atoms with Gasteiger partial charge in [0.05, 0.1) is 0 Å². The van der Waals surface area contributed by atoms with Crippen LogP contribution in [0.2, 0.25) is 0 Å². The molecule has 0 aromatic heterocycles. The summed E-state index contributed by atoms with van der Waals surface area (Å²) >= 11 is 0. The van der Waals surface area contributed by atoms with E-state index in [0.717, 1.165) is 32.6 Å². The fourth-order valence-corrected chi connectivity index (χ4v) is 2.22. The summed E-state index contributed by atoms with van der Waals surface area (Å²) in [6.45, 7) is 7.79. The molecule has 1 heterocycles. The Hall–Kier alpha value is -0.870. The van der Waals surface area contributed by atoms with Gasteiger partial charge >= 0.3 is 5.97 Å². The van der Waals surface area contributed by atoms with Crippen LogP contribution in [0.25, 0.3) is 0 Å². The van der Waals surface area contributed by atoms with Gasteiger partial charge in [0, 0.05) is 18.2 Å². The largest absolute Gasteiger partial charge is 0.478 e. The summed E-state index contributed by atoms with van der Waals surface area (Å²) in [5, 5.41) is 12.2. The molecule has 17 heavy (non-hydrogen) atoms. The zero-order valence-electron chi connectivity index (χ0n) is 10.9. The van der Waals surface area contributed by atoms with Crippen LogP contribution in [0.5, 0.6) is 0 Å². The predicted molar refractivity (Wildman–Crippen MR) is 69.1 cm³/mol. The van der Waals surface area contributed by atoms with Crippen molar-refractivity contribution in [1.29, 1.82) is 0 Å². The number of nitrogens with one attached hydrogen (secondary N) is 1. The Balaban J connectivity index is 2.52. The molecule has 0 aromatic carbocycles. The molecule has 4 heteroatoms. The van der Waals surface area contributed by atoms with Crippen LogP contribution in [0.4, 0.5) is 0 Å².